The molecular weight excluding hydrogens is 200 g/mol. The number of hydrogen-bond acceptors (Lipinski definition) is 2. The van der Waals surface area contributed by atoms with Crippen molar-refractivity contribution < 1.29 is 9.90 Å². The summed E-state index contributed by atoms with van der Waals surface area (Å²) >= 11 is 0. The van der Waals surface area contributed by atoms with Crippen molar-refractivity contribution in [3.8, 4) is 0 Å². The largest absolute Gasteiger partial charge is 0.389 e. The van der Waals surface area contributed by atoms with E-state index in [0.29, 0.717) is 12.3 Å². The van der Waals surface area contributed by atoms with Crippen LogP contribution in [0.3, 0.4) is 0 Å². The van der Waals surface area contributed by atoms with E-state index in [0.717, 1.165) is 11.1 Å². The maximum Gasteiger partial charge on any atom is 0.159 e. The van der Waals surface area contributed by atoms with Gasteiger partial charge in [-0.2, -0.15) is 0 Å². The molecule has 0 aromatic rings. The lowest BCUT2D eigenvalue weighted by Gasteiger charge is -2.38. The second-order valence-corrected chi connectivity index (χ2v) is 5.39. The molecule has 0 heterocycles. The second-order valence-electron chi connectivity index (χ2n) is 5.39. The highest BCUT2D eigenvalue weighted by atomic mass is 16.3. The Morgan fingerprint density at radius 2 is 2.06 bits per heavy atom. The van der Waals surface area contributed by atoms with Gasteiger partial charge >= 0.3 is 0 Å². The molecule has 0 aromatic heterocycles. The third-order valence-corrected chi connectivity index (χ3v) is 3.78. The van der Waals surface area contributed by atoms with Crippen LogP contribution in [0, 0.1) is 11.3 Å². The first kappa shape index (κ1) is 13.2. The number of ketones is 1. The average molecular weight is 222 g/mol. The number of carbonyl (C=O) groups excluding carboxylic acids is 1. The number of allylic oxidation sites excluding steroid dienone is 3. The number of hydrogen-bond donors (Lipinski definition) is 1. The van der Waals surface area contributed by atoms with Crippen LogP contribution in [-0.4, -0.2) is 17.0 Å². The number of rotatable bonds is 2. The van der Waals surface area contributed by atoms with E-state index in [1.165, 1.54) is 0 Å². The molecule has 0 amide bonds. The van der Waals surface area contributed by atoms with Gasteiger partial charge in [0.05, 0.1) is 6.10 Å². The fraction of sp³-hybridized carbons (Fsp3) is 0.643. The molecule has 0 aromatic carbocycles. The van der Waals surface area contributed by atoms with Crippen LogP contribution in [0.4, 0.5) is 0 Å². The standard InChI is InChI=1S/C14H22O2/c1-9-8-13(16)11(3)12(14(9,4)5)7-6-10(2)15/h6-7,9-10,15H,8H2,1-5H3. The Morgan fingerprint density at radius 3 is 2.56 bits per heavy atom. The molecule has 1 rings (SSSR count). The number of aliphatic hydroxyl groups excluding tert-OH is 1. The third-order valence-electron chi connectivity index (χ3n) is 3.78. The zero-order valence-corrected chi connectivity index (χ0v) is 10.9. The molecule has 1 N–H and O–H groups in total. The van der Waals surface area contributed by atoms with E-state index in [2.05, 4.69) is 20.8 Å². The van der Waals surface area contributed by atoms with E-state index in [4.69, 9.17) is 0 Å². The summed E-state index contributed by atoms with van der Waals surface area (Å²) in [6.07, 6.45) is 3.81. The lowest BCUT2D eigenvalue weighted by Crippen LogP contribution is -2.32. The number of Topliss-reactive ketones (excluding diaryl/α,β-unsaturated/α-hetero) is 1. The first-order valence-corrected chi connectivity index (χ1v) is 5.87. The SMILES string of the molecule is CC1=C(C=CC(C)O)C(C)(C)C(C)CC1=O. The molecule has 2 unspecified atom stereocenters. The Morgan fingerprint density at radius 1 is 1.50 bits per heavy atom. The summed E-state index contributed by atoms with van der Waals surface area (Å²) in [7, 11) is 0. The molecule has 1 aliphatic carbocycles. The molecule has 0 fully saturated rings. The van der Waals surface area contributed by atoms with E-state index >= 15 is 0 Å². The minimum absolute atomic E-state index is 0.00336. The Bertz CT molecular complexity index is 346. The lowest BCUT2D eigenvalue weighted by molar-refractivity contribution is -0.117. The van der Waals surface area contributed by atoms with E-state index < -0.39 is 6.10 Å². The van der Waals surface area contributed by atoms with Gasteiger partial charge in [0.15, 0.2) is 5.78 Å². The van der Waals surface area contributed by atoms with Crippen molar-refractivity contribution in [3.05, 3.63) is 23.3 Å². The lowest BCUT2D eigenvalue weighted by atomic mass is 9.66. The topological polar surface area (TPSA) is 37.3 Å². The Balaban J connectivity index is 3.17. The minimum Gasteiger partial charge on any atom is -0.389 e. The summed E-state index contributed by atoms with van der Waals surface area (Å²) in [5.41, 5.74) is 1.92. The van der Waals surface area contributed by atoms with Gasteiger partial charge in [-0.15, -0.1) is 0 Å². The van der Waals surface area contributed by atoms with Crippen LogP contribution >= 0.6 is 0 Å². The van der Waals surface area contributed by atoms with Crippen molar-refractivity contribution in [2.45, 2.75) is 47.1 Å². The van der Waals surface area contributed by atoms with Crippen LogP contribution in [0.1, 0.15) is 41.0 Å². The van der Waals surface area contributed by atoms with Crippen LogP contribution in [0.15, 0.2) is 23.3 Å². The zero-order valence-electron chi connectivity index (χ0n) is 10.9. The van der Waals surface area contributed by atoms with Crippen molar-refractivity contribution in [1.82, 2.24) is 0 Å². The molecule has 0 spiro atoms. The van der Waals surface area contributed by atoms with Crippen molar-refractivity contribution in [2.75, 3.05) is 0 Å². The highest BCUT2D eigenvalue weighted by Crippen LogP contribution is 2.43. The van der Waals surface area contributed by atoms with Crippen molar-refractivity contribution in [1.29, 1.82) is 0 Å². The molecular formula is C14H22O2. The summed E-state index contributed by atoms with van der Waals surface area (Å²) in [5, 5.41) is 9.28. The van der Waals surface area contributed by atoms with E-state index in [1.807, 2.05) is 13.0 Å². The van der Waals surface area contributed by atoms with E-state index in [-0.39, 0.29) is 11.2 Å². The molecule has 16 heavy (non-hydrogen) atoms. The smallest absolute Gasteiger partial charge is 0.159 e. The quantitative estimate of drug-likeness (QED) is 0.780. The third kappa shape index (κ3) is 2.43. The molecule has 2 atom stereocenters. The minimum atomic E-state index is -0.469. The molecule has 2 nitrogen and oxygen atoms in total. The van der Waals surface area contributed by atoms with Crippen LogP contribution in [0.2, 0.25) is 0 Å². The van der Waals surface area contributed by atoms with Gasteiger partial charge in [0.1, 0.15) is 0 Å². The summed E-state index contributed by atoms with van der Waals surface area (Å²) in [5.74, 6) is 0.578. The summed E-state index contributed by atoms with van der Waals surface area (Å²) in [6.45, 7) is 10.0. The first-order valence-electron chi connectivity index (χ1n) is 5.87. The molecule has 0 aliphatic heterocycles. The summed E-state index contributed by atoms with van der Waals surface area (Å²) in [4.78, 5) is 11.8. The van der Waals surface area contributed by atoms with Gasteiger partial charge in [0.25, 0.3) is 0 Å². The van der Waals surface area contributed by atoms with Gasteiger partial charge in [-0.3, -0.25) is 4.79 Å². The number of carbonyl (C=O) groups is 1. The maximum absolute atomic E-state index is 11.8. The monoisotopic (exact) mass is 222 g/mol. The Labute approximate surface area is 98.1 Å². The van der Waals surface area contributed by atoms with Gasteiger partial charge in [-0.05, 0) is 36.3 Å². The number of aliphatic hydroxyl groups is 1. The maximum atomic E-state index is 11.8. The fourth-order valence-corrected chi connectivity index (χ4v) is 2.16. The van der Waals surface area contributed by atoms with Crippen LogP contribution < -0.4 is 0 Å². The molecule has 1 aliphatic rings. The molecule has 2 heteroatoms. The van der Waals surface area contributed by atoms with Crippen molar-refractivity contribution in [3.63, 3.8) is 0 Å². The van der Waals surface area contributed by atoms with E-state index in [9.17, 15) is 9.90 Å². The molecule has 0 radical (unpaired) electrons. The van der Waals surface area contributed by atoms with Crippen LogP contribution in [0.5, 0.6) is 0 Å². The van der Waals surface area contributed by atoms with E-state index in [1.54, 1.807) is 13.0 Å². The van der Waals surface area contributed by atoms with Crippen molar-refractivity contribution >= 4 is 5.78 Å². The first-order chi connectivity index (χ1) is 7.26. The molecule has 90 valence electrons. The normalized spacial score (nSPS) is 27.6. The summed E-state index contributed by atoms with van der Waals surface area (Å²) in [6, 6.07) is 0. The van der Waals surface area contributed by atoms with Crippen molar-refractivity contribution in [2.24, 2.45) is 11.3 Å². The molecule has 0 saturated heterocycles. The highest BCUT2D eigenvalue weighted by molar-refractivity contribution is 5.97. The van der Waals surface area contributed by atoms with Crippen LogP contribution in [-0.2, 0) is 4.79 Å². The second kappa shape index (κ2) is 4.54. The molecule has 0 saturated carbocycles. The fourth-order valence-electron chi connectivity index (χ4n) is 2.16. The zero-order chi connectivity index (χ0) is 12.5. The van der Waals surface area contributed by atoms with Crippen LogP contribution in [0.25, 0.3) is 0 Å². The average Bonchev–Trinajstić information content (AvgIpc) is 2.14. The predicted molar refractivity (Wildman–Crippen MR) is 66.1 cm³/mol. The summed E-state index contributed by atoms with van der Waals surface area (Å²) < 4.78 is 0. The predicted octanol–water partition coefficient (Wildman–Crippen LogP) is 2.88. The van der Waals surface area contributed by atoms with Gasteiger partial charge in [-0.25, -0.2) is 0 Å². The Hall–Kier alpha value is -0.890. The molecule has 0 bridgehead atoms. The Kier molecular flexibility index (Phi) is 3.74. The van der Waals surface area contributed by atoms with Gasteiger partial charge in [0, 0.05) is 6.42 Å². The van der Waals surface area contributed by atoms with Gasteiger partial charge in [0.2, 0.25) is 0 Å². The highest BCUT2D eigenvalue weighted by Gasteiger charge is 2.36. The van der Waals surface area contributed by atoms with Gasteiger partial charge < -0.3 is 5.11 Å². The van der Waals surface area contributed by atoms with Gasteiger partial charge in [-0.1, -0.05) is 32.9 Å².